The average molecular weight is 203 g/mol. The van der Waals surface area contributed by atoms with E-state index in [9.17, 15) is 0 Å². The van der Waals surface area contributed by atoms with Crippen LogP contribution >= 0.6 is 11.8 Å². The van der Waals surface area contributed by atoms with Crippen LogP contribution in [-0.4, -0.2) is 35.3 Å². The number of nitrogens with one attached hydrogen (secondary N) is 1. The fourth-order valence-electron chi connectivity index (χ4n) is 1.88. The minimum absolute atomic E-state index is 0.213. The largest absolute Gasteiger partial charge is 0.392 e. The first-order chi connectivity index (χ1) is 6.22. The summed E-state index contributed by atoms with van der Waals surface area (Å²) in [5, 5.41) is 13.4. The normalized spacial score (nSPS) is 31.6. The third-order valence-corrected chi connectivity index (χ3v) is 3.76. The van der Waals surface area contributed by atoms with Crippen molar-refractivity contribution in [3.8, 4) is 0 Å². The van der Waals surface area contributed by atoms with Crippen molar-refractivity contribution in [2.45, 2.75) is 50.0 Å². The van der Waals surface area contributed by atoms with Crippen molar-refractivity contribution in [1.82, 2.24) is 5.32 Å². The van der Waals surface area contributed by atoms with Gasteiger partial charge in [-0.2, -0.15) is 11.8 Å². The van der Waals surface area contributed by atoms with Gasteiger partial charge < -0.3 is 10.4 Å². The Morgan fingerprint density at radius 1 is 1.54 bits per heavy atom. The summed E-state index contributed by atoms with van der Waals surface area (Å²) in [4.78, 5) is 0. The second kappa shape index (κ2) is 5.89. The molecule has 0 saturated heterocycles. The third kappa shape index (κ3) is 4.34. The summed E-state index contributed by atoms with van der Waals surface area (Å²) in [6.45, 7) is 2.58. The summed E-state index contributed by atoms with van der Waals surface area (Å²) in [5.74, 6) is 0. The number of hydrogen-bond donors (Lipinski definition) is 2. The van der Waals surface area contributed by atoms with Crippen LogP contribution in [0.4, 0.5) is 0 Å². The van der Waals surface area contributed by atoms with E-state index in [0.717, 1.165) is 11.8 Å². The fraction of sp³-hybridized carbons (Fsp3) is 1.00. The summed E-state index contributed by atoms with van der Waals surface area (Å²) >= 11 is 1.98. The van der Waals surface area contributed by atoms with E-state index >= 15 is 0 Å². The quantitative estimate of drug-likeness (QED) is 0.728. The molecule has 0 aromatic carbocycles. The average Bonchev–Trinajstić information content (AvgIpc) is 2.15. The molecule has 1 fully saturated rings. The molecular weight excluding hydrogens is 182 g/mol. The van der Waals surface area contributed by atoms with Gasteiger partial charge in [-0.15, -0.1) is 0 Å². The lowest BCUT2D eigenvalue weighted by Crippen LogP contribution is -2.38. The molecule has 1 saturated carbocycles. The molecule has 1 aliphatic rings. The van der Waals surface area contributed by atoms with Gasteiger partial charge in [-0.3, -0.25) is 0 Å². The van der Waals surface area contributed by atoms with Gasteiger partial charge in [0.1, 0.15) is 0 Å². The molecule has 0 aromatic heterocycles. The number of rotatable bonds is 4. The van der Waals surface area contributed by atoms with Gasteiger partial charge in [0.05, 0.1) is 6.10 Å². The van der Waals surface area contributed by atoms with Gasteiger partial charge >= 0.3 is 0 Å². The first-order valence-electron chi connectivity index (χ1n) is 5.16. The standard InChI is InChI=1S/C10H21NOS/c1-8(12)7-11-9-4-3-5-10(6-9)13-2/h8-12H,3-7H2,1-2H3. The molecule has 13 heavy (non-hydrogen) atoms. The highest BCUT2D eigenvalue weighted by molar-refractivity contribution is 7.99. The Kier molecular flexibility index (Phi) is 5.14. The Hall–Kier alpha value is 0.270. The van der Waals surface area contributed by atoms with E-state index in [2.05, 4.69) is 11.6 Å². The molecular formula is C10H21NOS. The van der Waals surface area contributed by atoms with Crippen molar-refractivity contribution >= 4 is 11.8 Å². The molecule has 0 aromatic rings. The van der Waals surface area contributed by atoms with Crippen molar-refractivity contribution in [3.63, 3.8) is 0 Å². The Morgan fingerprint density at radius 2 is 2.31 bits per heavy atom. The summed E-state index contributed by atoms with van der Waals surface area (Å²) in [7, 11) is 0. The Bertz CT molecular complexity index is 141. The highest BCUT2D eigenvalue weighted by atomic mass is 32.2. The van der Waals surface area contributed by atoms with Crippen molar-refractivity contribution in [2.75, 3.05) is 12.8 Å². The summed E-state index contributed by atoms with van der Waals surface area (Å²) in [6.07, 6.45) is 7.24. The lowest BCUT2D eigenvalue weighted by molar-refractivity contribution is 0.181. The zero-order valence-corrected chi connectivity index (χ0v) is 9.44. The van der Waals surface area contributed by atoms with Crippen LogP contribution in [0.25, 0.3) is 0 Å². The predicted molar refractivity (Wildman–Crippen MR) is 59.2 cm³/mol. The summed E-state index contributed by atoms with van der Waals surface area (Å²) < 4.78 is 0. The number of aliphatic hydroxyl groups excluding tert-OH is 1. The van der Waals surface area contributed by atoms with E-state index in [1.165, 1.54) is 25.7 Å². The van der Waals surface area contributed by atoms with Crippen molar-refractivity contribution in [1.29, 1.82) is 0 Å². The maximum atomic E-state index is 9.14. The van der Waals surface area contributed by atoms with Crippen molar-refractivity contribution in [3.05, 3.63) is 0 Å². The van der Waals surface area contributed by atoms with Crippen LogP contribution in [0.5, 0.6) is 0 Å². The maximum Gasteiger partial charge on any atom is 0.0636 e. The molecule has 1 rings (SSSR count). The Balaban J connectivity index is 2.18. The van der Waals surface area contributed by atoms with Gasteiger partial charge in [0, 0.05) is 17.8 Å². The van der Waals surface area contributed by atoms with Crippen LogP contribution in [0.15, 0.2) is 0 Å². The third-order valence-electron chi connectivity index (χ3n) is 2.66. The van der Waals surface area contributed by atoms with Gasteiger partial charge in [0.25, 0.3) is 0 Å². The van der Waals surface area contributed by atoms with Gasteiger partial charge in [0.2, 0.25) is 0 Å². The van der Waals surface area contributed by atoms with Gasteiger partial charge in [0.15, 0.2) is 0 Å². The first-order valence-corrected chi connectivity index (χ1v) is 6.45. The Morgan fingerprint density at radius 3 is 2.92 bits per heavy atom. The van der Waals surface area contributed by atoms with Crippen LogP contribution in [-0.2, 0) is 0 Å². The smallest absolute Gasteiger partial charge is 0.0636 e. The van der Waals surface area contributed by atoms with E-state index in [-0.39, 0.29) is 6.10 Å². The zero-order valence-electron chi connectivity index (χ0n) is 8.62. The summed E-state index contributed by atoms with van der Waals surface area (Å²) in [5.41, 5.74) is 0. The molecule has 2 nitrogen and oxygen atoms in total. The molecule has 3 heteroatoms. The van der Waals surface area contributed by atoms with E-state index in [1.807, 2.05) is 18.7 Å². The number of aliphatic hydroxyl groups is 1. The number of hydrogen-bond acceptors (Lipinski definition) is 3. The van der Waals surface area contributed by atoms with Crippen LogP contribution in [0.1, 0.15) is 32.6 Å². The first kappa shape index (κ1) is 11.3. The Labute approximate surface area is 85.5 Å². The van der Waals surface area contributed by atoms with Crippen molar-refractivity contribution in [2.24, 2.45) is 0 Å². The van der Waals surface area contributed by atoms with Crippen LogP contribution < -0.4 is 5.32 Å². The summed E-state index contributed by atoms with van der Waals surface area (Å²) in [6, 6.07) is 0.640. The molecule has 0 aliphatic heterocycles. The highest BCUT2D eigenvalue weighted by Gasteiger charge is 2.20. The van der Waals surface area contributed by atoms with E-state index < -0.39 is 0 Å². The van der Waals surface area contributed by atoms with Crippen LogP contribution in [0, 0.1) is 0 Å². The lowest BCUT2D eigenvalue weighted by Gasteiger charge is -2.29. The van der Waals surface area contributed by atoms with Gasteiger partial charge in [-0.05, 0) is 32.4 Å². The van der Waals surface area contributed by atoms with E-state index in [1.54, 1.807) is 0 Å². The van der Waals surface area contributed by atoms with E-state index in [0.29, 0.717) is 6.04 Å². The molecule has 78 valence electrons. The highest BCUT2D eigenvalue weighted by Crippen LogP contribution is 2.26. The number of thioether (sulfide) groups is 1. The molecule has 3 atom stereocenters. The molecule has 0 heterocycles. The lowest BCUT2D eigenvalue weighted by atomic mass is 9.95. The molecule has 2 N–H and O–H groups in total. The second-order valence-corrected chi connectivity index (χ2v) is 5.12. The topological polar surface area (TPSA) is 32.3 Å². The van der Waals surface area contributed by atoms with Crippen LogP contribution in [0.2, 0.25) is 0 Å². The molecule has 0 spiro atoms. The minimum Gasteiger partial charge on any atom is -0.392 e. The maximum absolute atomic E-state index is 9.14. The molecule has 0 bridgehead atoms. The van der Waals surface area contributed by atoms with Gasteiger partial charge in [-0.1, -0.05) is 6.42 Å². The molecule has 1 aliphatic carbocycles. The minimum atomic E-state index is -0.213. The SMILES string of the molecule is CSC1CCCC(NCC(C)O)C1. The van der Waals surface area contributed by atoms with Gasteiger partial charge in [-0.25, -0.2) is 0 Å². The monoisotopic (exact) mass is 203 g/mol. The van der Waals surface area contributed by atoms with Crippen LogP contribution in [0.3, 0.4) is 0 Å². The molecule has 0 amide bonds. The van der Waals surface area contributed by atoms with Crippen molar-refractivity contribution < 1.29 is 5.11 Å². The zero-order chi connectivity index (χ0) is 9.68. The predicted octanol–water partition coefficient (Wildman–Crippen LogP) is 1.63. The van der Waals surface area contributed by atoms with E-state index in [4.69, 9.17) is 5.11 Å². The fourth-order valence-corrected chi connectivity index (χ4v) is 2.71. The molecule has 0 radical (unpaired) electrons. The second-order valence-electron chi connectivity index (χ2n) is 3.98. The molecule has 3 unspecified atom stereocenters.